The molecule has 0 aliphatic rings. The average molecular weight is 355 g/mol. The van der Waals surface area contributed by atoms with Crippen LogP contribution in [-0.4, -0.2) is 10.2 Å². The largest absolute Gasteiger partial charge is 0.435 e. The van der Waals surface area contributed by atoms with Crippen molar-refractivity contribution in [3.05, 3.63) is 46.1 Å². The topological polar surface area (TPSA) is 35.0 Å². The number of hydrogen-bond donors (Lipinski definition) is 0. The Kier molecular flexibility index (Phi) is 3.89. The first-order valence-corrected chi connectivity index (χ1v) is 5.80. The van der Waals surface area contributed by atoms with Gasteiger partial charge in [-0.05, 0) is 18.2 Å². The van der Waals surface area contributed by atoms with Crippen molar-refractivity contribution in [2.45, 2.75) is 6.18 Å². The van der Waals surface area contributed by atoms with E-state index in [9.17, 15) is 22.0 Å². The van der Waals surface area contributed by atoms with E-state index in [1.54, 1.807) is 0 Å². The van der Waals surface area contributed by atoms with E-state index in [1.807, 2.05) is 0 Å². The Morgan fingerprint density at radius 2 is 1.75 bits per heavy atom. The molecule has 1 aromatic heterocycles. The molecule has 0 radical (unpaired) electrons. The lowest BCUT2D eigenvalue weighted by Crippen LogP contribution is -2.09. The molecule has 0 N–H and O–H groups in total. The Hall–Kier alpha value is -1.77. The summed E-state index contributed by atoms with van der Waals surface area (Å²) in [7, 11) is 0. The van der Waals surface area contributed by atoms with Crippen molar-refractivity contribution in [2.24, 2.45) is 0 Å². The van der Waals surface area contributed by atoms with Crippen molar-refractivity contribution in [2.75, 3.05) is 0 Å². The Bertz CT molecular complexity index is 630. The maximum atomic E-state index is 13.4. The molecule has 0 saturated heterocycles. The Morgan fingerprint density at radius 3 is 2.30 bits per heavy atom. The molecule has 3 nitrogen and oxygen atoms in total. The van der Waals surface area contributed by atoms with Crippen molar-refractivity contribution in [3.63, 3.8) is 0 Å². The highest BCUT2D eigenvalue weighted by molar-refractivity contribution is 9.10. The molecule has 0 fully saturated rings. The Balaban J connectivity index is 2.27. The first-order chi connectivity index (χ1) is 9.27. The molecule has 2 aromatic rings. The van der Waals surface area contributed by atoms with Crippen LogP contribution in [0.5, 0.6) is 11.6 Å². The standard InChI is InChI=1S/C11H4BrF5N2O/c12-5-3-6(13)10(14)7(4-5)20-9-2-1-8(18-19-9)11(15,16)17/h1-4H. The van der Waals surface area contributed by atoms with Gasteiger partial charge in [0.25, 0.3) is 0 Å². The van der Waals surface area contributed by atoms with Crippen LogP contribution in [0.25, 0.3) is 0 Å². The monoisotopic (exact) mass is 354 g/mol. The van der Waals surface area contributed by atoms with Crippen LogP contribution >= 0.6 is 15.9 Å². The van der Waals surface area contributed by atoms with Gasteiger partial charge in [0.2, 0.25) is 11.7 Å². The molecule has 0 atom stereocenters. The summed E-state index contributed by atoms with van der Waals surface area (Å²) in [5.74, 6) is -3.37. The Morgan fingerprint density at radius 1 is 1.05 bits per heavy atom. The number of benzene rings is 1. The first-order valence-electron chi connectivity index (χ1n) is 5.00. The van der Waals surface area contributed by atoms with Crippen LogP contribution in [-0.2, 0) is 6.18 Å². The van der Waals surface area contributed by atoms with E-state index in [2.05, 4.69) is 26.1 Å². The zero-order valence-electron chi connectivity index (χ0n) is 9.38. The van der Waals surface area contributed by atoms with Crippen molar-refractivity contribution in [1.29, 1.82) is 0 Å². The summed E-state index contributed by atoms with van der Waals surface area (Å²) < 4.78 is 68.3. The lowest BCUT2D eigenvalue weighted by atomic mass is 10.3. The summed E-state index contributed by atoms with van der Waals surface area (Å²) in [4.78, 5) is 0. The molecule has 0 spiro atoms. The van der Waals surface area contributed by atoms with Crippen LogP contribution in [0, 0.1) is 11.6 Å². The maximum absolute atomic E-state index is 13.4. The van der Waals surface area contributed by atoms with Gasteiger partial charge in [-0.2, -0.15) is 17.6 Å². The van der Waals surface area contributed by atoms with Crippen LogP contribution in [0.1, 0.15) is 5.69 Å². The van der Waals surface area contributed by atoms with Gasteiger partial charge in [0.05, 0.1) is 0 Å². The fourth-order valence-electron chi connectivity index (χ4n) is 1.24. The lowest BCUT2D eigenvalue weighted by molar-refractivity contribution is -0.141. The highest BCUT2D eigenvalue weighted by Crippen LogP contribution is 2.30. The second-order valence-corrected chi connectivity index (χ2v) is 4.47. The normalized spacial score (nSPS) is 11.5. The molecule has 0 bridgehead atoms. The molecule has 106 valence electrons. The van der Waals surface area contributed by atoms with Crippen LogP contribution in [0.4, 0.5) is 22.0 Å². The summed E-state index contributed by atoms with van der Waals surface area (Å²) >= 11 is 2.93. The summed E-state index contributed by atoms with van der Waals surface area (Å²) in [6.07, 6.45) is -4.64. The molecule has 2 rings (SSSR count). The minimum absolute atomic E-state index is 0.200. The maximum Gasteiger partial charge on any atom is 0.435 e. The van der Waals surface area contributed by atoms with E-state index < -0.39 is 35.1 Å². The van der Waals surface area contributed by atoms with E-state index in [4.69, 9.17) is 4.74 Å². The number of alkyl halides is 3. The van der Waals surface area contributed by atoms with Gasteiger partial charge >= 0.3 is 6.18 Å². The van der Waals surface area contributed by atoms with Gasteiger partial charge in [0.1, 0.15) is 0 Å². The van der Waals surface area contributed by atoms with E-state index in [1.165, 1.54) is 0 Å². The smallest absolute Gasteiger partial charge is 0.434 e. The van der Waals surface area contributed by atoms with Crippen molar-refractivity contribution >= 4 is 15.9 Å². The van der Waals surface area contributed by atoms with E-state index in [0.717, 1.165) is 18.2 Å². The van der Waals surface area contributed by atoms with E-state index in [0.29, 0.717) is 6.07 Å². The quantitative estimate of drug-likeness (QED) is 0.594. The minimum atomic E-state index is -4.64. The van der Waals surface area contributed by atoms with E-state index in [-0.39, 0.29) is 4.47 Å². The molecule has 9 heteroatoms. The van der Waals surface area contributed by atoms with Gasteiger partial charge in [0, 0.05) is 10.5 Å². The summed E-state index contributed by atoms with van der Waals surface area (Å²) in [6, 6.07) is 3.46. The van der Waals surface area contributed by atoms with Crippen molar-refractivity contribution in [1.82, 2.24) is 10.2 Å². The molecule has 0 saturated carbocycles. The average Bonchev–Trinajstić information content (AvgIpc) is 2.35. The highest BCUT2D eigenvalue weighted by atomic mass is 79.9. The fraction of sp³-hybridized carbons (Fsp3) is 0.0909. The molecule has 1 heterocycles. The van der Waals surface area contributed by atoms with Gasteiger partial charge in [-0.3, -0.25) is 0 Å². The molecule has 0 amide bonds. The van der Waals surface area contributed by atoms with Gasteiger partial charge in [-0.25, -0.2) is 4.39 Å². The van der Waals surface area contributed by atoms with Crippen LogP contribution in [0.2, 0.25) is 0 Å². The molecule has 0 unspecified atom stereocenters. The molecule has 0 aliphatic carbocycles. The second-order valence-electron chi connectivity index (χ2n) is 3.56. The van der Waals surface area contributed by atoms with Crippen LogP contribution in [0.15, 0.2) is 28.7 Å². The zero-order chi connectivity index (χ0) is 14.9. The van der Waals surface area contributed by atoms with Gasteiger partial charge < -0.3 is 4.74 Å². The van der Waals surface area contributed by atoms with Gasteiger partial charge in [0.15, 0.2) is 17.3 Å². The number of nitrogens with zero attached hydrogens (tertiary/aromatic N) is 2. The van der Waals surface area contributed by atoms with E-state index >= 15 is 0 Å². The molecule has 0 aliphatic heterocycles. The van der Waals surface area contributed by atoms with Crippen molar-refractivity contribution in [3.8, 4) is 11.6 Å². The third kappa shape index (κ3) is 3.21. The third-order valence-corrected chi connectivity index (χ3v) is 2.56. The lowest BCUT2D eigenvalue weighted by Gasteiger charge is -2.08. The SMILES string of the molecule is Fc1cc(Br)cc(Oc2ccc(C(F)(F)F)nn2)c1F. The molecular formula is C11H4BrF5N2O. The van der Waals surface area contributed by atoms with Gasteiger partial charge in [-0.1, -0.05) is 15.9 Å². The number of rotatable bonds is 2. The van der Waals surface area contributed by atoms with Crippen LogP contribution in [0.3, 0.4) is 0 Å². The number of aromatic nitrogens is 2. The predicted octanol–water partition coefficient (Wildman–Crippen LogP) is 4.33. The first kappa shape index (κ1) is 14.6. The molecule has 20 heavy (non-hydrogen) atoms. The zero-order valence-corrected chi connectivity index (χ0v) is 11.0. The fourth-order valence-corrected chi connectivity index (χ4v) is 1.65. The summed E-state index contributed by atoms with van der Waals surface area (Å²) in [5.41, 5.74) is -1.22. The molecular weight excluding hydrogens is 351 g/mol. The van der Waals surface area contributed by atoms with Crippen LogP contribution < -0.4 is 4.74 Å². The predicted molar refractivity (Wildman–Crippen MR) is 61.2 cm³/mol. The number of hydrogen-bond acceptors (Lipinski definition) is 3. The number of halogens is 6. The van der Waals surface area contributed by atoms with Crippen molar-refractivity contribution < 1.29 is 26.7 Å². The molecule has 1 aromatic carbocycles. The number of ether oxygens (including phenoxy) is 1. The summed E-state index contributed by atoms with van der Waals surface area (Å²) in [6.45, 7) is 0. The highest BCUT2D eigenvalue weighted by Gasteiger charge is 2.33. The third-order valence-electron chi connectivity index (χ3n) is 2.10. The summed E-state index contributed by atoms with van der Waals surface area (Å²) in [5, 5.41) is 6.04. The minimum Gasteiger partial charge on any atom is -0.434 e. The Labute approximate surface area is 117 Å². The second kappa shape index (κ2) is 5.31. The van der Waals surface area contributed by atoms with Gasteiger partial charge in [-0.15, -0.1) is 10.2 Å².